The number of methoxy groups -OCH3 is 1. The van der Waals surface area contributed by atoms with Gasteiger partial charge in [0.1, 0.15) is 17.2 Å². The molecule has 6 heteroatoms. The highest BCUT2D eigenvalue weighted by Gasteiger charge is 2.20. The van der Waals surface area contributed by atoms with Crippen LogP contribution in [0.2, 0.25) is 0 Å². The van der Waals surface area contributed by atoms with E-state index in [-0.39, 0.29) is 5.56 Å². The Balaban J connectivity index is 2.74. The van der Waals surface area contributed by atoms with Crippen LogP contribution >= 0.6 is 0 Å². The van der Waals surface area contributed by atoms with Gasteiger partial charge in [-0.3, -0.25) is 9.36 Å². The van der Waals surface area contributed by atoms with Crippen molar-refractivity contribution in [2.75, 3.05) is 7.11 Å². The first kappa shape index (κ1) is 13.9. The highest BCUT2D eigenvalue weighted by atomic mass is 19.1. The minimum atomic E-state index is -0.740. The van der Waals surface area contributed by atoms with Crippen molar-refractivity contribution in [1.29, 1.82) is 0 Å². The molecule has 20 heavy (non-hydrogen) atoms. The lowest BCUT2D eigenvalue weighted by Crippen LogP contribution is -2.30. The Morgan fingerprint density at radius 1 is 1.25 bits per heavy atom. The third-order valence-corrected chi connectivity index (χ3v) is 2.91. The maximum Gasteiger partial charge on any atom is 0.345 e. The van der Waals surface area contributed by atoms with E-state index in [1.54, 1.807) is 13.8 Å². The third kappa shape index (κ3) is 2.32. The molecule has 0 spiro atoms. The van der Waals surface area contributed by atoms with Gasteiger partial charge in [-0.2, -0.15) is 0 Å². The second kappa shape index (κ2) is 5.24. The summed E-state index contributed by atoms with van der Waals surface area (Å²) in [5.74, 6) is -0.740. The smallest absolute Gasteiger partial charge is 0.345 e. The van der Waals surface area contributed by atoms with E-state index in [4.69, 9.17) is 0 Å². The summed E-state index contributed by atoms with van der Waals surface area (Å²) >= 11 is 0. The van der Waals surface area contributed by atoms with Crippen LogP contribution in [0.1, 0.15) is 21.9 Å². The first-order valence-corrected chi connectivity index (χ1v) is 5.90. The summed E-state index contributed by atoms with van der Waals surface area (Å²) < 4.78 is 18.8. The lowest BCUT2D eigenvalue weighted by Gasteiger charge is -2.12. The van der Waals surface area contributed by atoms with Crippen molar-refractivity contribution >= 4 is 5.97 Å². The van der Waals surface area contributed by atoms with E-state index in [1.807, 2.05) is 0 Å². The molecule has 0 aliphatic carbocycles. The molecule has 0 N–H and O–H groups in total. The van der Waals surface area contributed by atoms with Crippen molar-refractivity contribution in [1.82, 2.24) is 9.55 Å². The molecule has 0 saturated heterocycles. The highest BCUT2D eigenvalue weighted by Crippen LogP contribution is 2.11. The van der Waals surface area contributed by atoms with Crippen molar-refractivity contribution < 1.29 is 13.9 Å². The fourth-order valence-corrected chi connectivity index (χ4v) is 1.99. The number of aryl methyl sites for hydroxylation is 2. The summed E-state index contributed by atoms with van der Waals surface area (Å²) in [5.41, 5.74) is 0.0835. The first-order valence-electron chi connectivity index (χ1n) is 5.90. The Bertz CT molecular complexity index is 720. The van der Waals surface area contributed by atoms with Crippen LogP contribution in [-0.2, 0) is 4.74 Å². The molecule has 0 atom stereocenters. The van der Waals surface area contributed by atoms with E-state index in [1.165, 1.54) is 35.9 Å². The zero-order valence-electron chi connectivity index (χ0n) is 11.3. The van der Waals surface area contributed by atoms with Gasteiger partial charge in [0.2, 0.25) is 0 Å². The molecular weight excluding hydrogens is 263 g/mol. The molecule has 0 radical (unpaired) electrons. The number of esters is 1. The van der Waals surface area contributed by atoms with Crippen LogP contribution < -0.4 is 5.56 Å². The second-order valence-corrected chi connectivity index (χ2v) is 4.23. The lowest BCUT2D eigenvalue weighted by atomic mass is 10.2. The van der Waals surface area contributed by atoms with Crippen molar-refractivity contribution in [2.24, 2.45) is 0 Å². The number of hydrogen-bond acceptors (Lipinski definition) is 4. The van der Waals surface area contributed by atoms with Gasteiger partial charge in [0.25, 0.3) is 5.56 Å². The number of nitrogens with zero attached hydrogens (tertiary/aromatic N) is 2. The molecule has 0 aliphatic rings. The van der Waals surface area contributed by atoms with Gasteiger partial charge in [0.15, 0.2) is 0 Å². The van der Waals surface area contributed by atoms with E-state index >= 15 is 0 Å². The van der Waals surface area contributed by atoms with E-state index < -0.39 is 17.3 Å². The minimum absolute atomic E-state index is 0.123. The molecule has 2 rings (SSSR count). The SMILES string of the molecule is COC(=O)c1c(C)nc(C)n(-c2ccc(F)cc2)c1=O. The molecule has 1 heterocycles. The van der Waals surface area contributed by atoms with Gasteiger partial charge >= 0.3 is 5.97 Å². The number of rotatable bonds is 2. The normalized spacial score (nSPS) is 10.4. The molecule has 1 aromatic heterocycles. The summed E-state index contributed by atoms with van der Waals surface area (Å²) in [6.45, 7) is 3.20. The number of benzene rings is 1. The van der Waals surface area contributed by atoms with Crippen LogP contribution in [0.4, 0.5) is 4.39 Å². The molecule has 2 aromatic rings. The average molecular weight is 276 g/mol. The Morgan fingerprint density at radius 2 is 1.85 bits per heavy atom. The number of carbonyl (C=O) groups excluding carboxylic acids is 1. The van der Waals surface area contributed by atoms with Crippen molar-refractivity contribution in [3.05, 3.63) is 57.5 Å². The van der Waals surface area contributed by atoms with Gasteiger partial charge in [0.05, 0.1) is 18.5 Å². The standard InChI is InChI=1S/C14H13FN2O3/c1-8-12(14(19)20-3)13(18)17(9(2)16-8)11-6-4-10(15)5-7-11/h4-7H,1-3H3. The van der Waals surface area contributed by atoms with Gasteiger partial charge in [-0.15, -0.1) is 0 Å². The van der Waals surface area contributed by atoms with Crippen LogP contribution in [0.3, 0.4) is 0 Å². The number of hydrogen-bond donors (Lipinski definition) is 0. The number of carbonyl (C=O) groups is 1. The number of aromatic nitrogens is 2. The van der Waals surface area contributed by atoms with Crippen LogP contribution in [-0.4, -0.2) is 22.6 Å². The topological polar surface area (TPSA) is 61.2 Å². The molecule has 0 saturated carbocycles. The second-order valence-electron chi connectivity index (χ2n) is 4.23. The summed E-state index contributed by atoms with van der Waals surface area (Å²) in [6, 6.07) is 5.36. The summed E-state index contributed by atoms with van der Waals surface area (Å²) in [6.07, 6.45) is 0. The van der Waals surface area contributed by atoms with Crippen molar-refractivity contribution in [3.8, 4) is 5.69 Å². The van der Waals surface area contributed by atoms with Gasteiger partial charge in [0, 0.05) is 0 Å². The maximum absolute atomic E-state index is 13.0. The summed E-state index contributed by atoms with van der Waals surface area (Å²) in [4.78, 5) is 28.3. The van der Waals surface area contributed by atoms with Crippen molar-refractivity contribution in [2.45, 2.75) is 13.8 Å². The molecule has 0 unspecified atom stereocenters. The Labute approximate surface area is 114 Å². The molecule has 0 aliphatic heterocycles. The predicted octanol–water partition coefficient (Wildman–Crippen LogP) is 1.78. The molecule has 104 valence electrons. The summed E-state index contributed by atoms with van der Waals surface area (Å²) in [7, 11) is 1.20. The lowest BCUT2D eigenvalue weighted by molar-refractivity contribution is 0.0596. The predicted molar refractivity (Wildman–Crippen MR) is 70.6 cm³/mol. The minimum Gasteiger partial charge on any atom is -0.465 e. The van der Waals surface area contributed by atoms with Crippen molar-refractivity contribution in [3.63, 3.8) is 0 Å². The fourth-order valence-electron chi connectivity index (χ4n) is 1.99. The molecule has 0 bridgehead atoms. The zero-order chi connectivity index (χ0) is 14.9. The largest absolute Gasteiger partial charge is 0.465 e. The molecule has 1 aromatic carbocycles. The monoisotopic (exact) mass is 276 g/mol. The first-order chi connectivity index (χ1) is 9.45. The van der Waals surface area contributed by atoms with E-state index in [2.05, 4.69) is 9.72 Å². The van der Waals surface area contributed by atoms with Crippen LogP contribution in [0.15, 0.2) is 29.1 Å². The zero-order valence-corrected chi connectivity index (χ0v) is 11.3. The fraction of sp³-hybridized carbons (Fsp3) is 0.214. The maximum atomic E-state index is 13.0. The van der Waals surface area contributed by atoms with Gasteiger partial charge < -0.3 is 4.74 Å². The van der Waals surface area contributed by atoms with Gasteiger partial charge in [-0.1, -0.05) is 0 Å². The molecular formula is C14H13FN2O3. The van der Waals surface area contributed by atoms with E-state index in [0.717, 1.165) is 0 Å². The molecule has 5 nitrogen and oxygen atoms in total. The summed E-state index contributed by atoms with van der Waals surface area (Å²) in [5, 5.41) is 0. The average Bonchev–Trinajstić information content (AvgIpc) is 2.40. The molecule has 0 fully saturated rings. The molecule has 0 amide bonds. The van der Waals surface area contributed by atoms with E-state index in [0.29, 0.717) is 17.2 Å². The van der Waals surface area contributed by atoms with E-state index in [9.17, 15) is 14.0 Å². The van der Waals surface area contributed by atoms with Gasteiger partial charge in [-0.25, -0.2) is 14.2 Å². The van der Waals surface area contributed by atoms with Gasteiger partial charge in [-0.05, 0) is 38.1 Å². The quantitative estimate of drug-likeness (QED) is 0.784. The van der Waals surface area contributed by atoms with Crippen LogP contribution in [0.25, 0.3) is 5.69 Å². The Hall–Kier alpha value is -2.50. The number of halogens is 1. The Kier molecular flexibility index (Phi) is 3.65. The van der Waals surface area contributed by atoms with Crippen LogP contribution in [0, 0.1) is 19.7 Å². The Morgan fingerprint density at radius 3 is 2.40 bits per heavy atom. The number of ether oxygens (including phenoxy) is 1. The van der Waals surface area contributed by atoms with Crippen LogP contribution in [0.5, 0.6) is 0 Å². The highest BCUT2D eigenvalue weighted by molar-refractivity contribution is 5.90. The third-order valence-electron chi connectivity index (χ3n) is 2.91.